The molecule has 0 radical (unpaired) electrons. The summed E-state index contributed by atoms with van der Waals surface area (Å²) in [6.07, 6.45) is 1.79. The molecule has 0 aliphatic heterocycles. The number of nitrogen functional groups attached to an aromatic ring is 1. The summed E-state index contributed by atoms with van der Waals surface area (Å²) in [5, 5.41) is 0. The van der Waals surface area contributed by atoms with Crippen LogP contribution in [0.2, 0.25) is 0 Å². The summed E-state index contributed by atoms with van der Waals surface area (Å²) in [4.78, 5) is 9.08. The van der Waals surface area contributed by atoms with Gasteiger partial charge in [0.2, 0.25) is 0 Å². The van der Waals surface area contributed by atoms with E-state index < -0.39 is 0 Å². The largest absolute Gasteiger partial charge is 0.398 e. The lowest BCUT2D eigenvalue weighted by molar-refractivity contribution is 0.787. The summed E-state index contributed by atoms with van der Waals surface area (Å²) >= 11 is 2.28. The Balaban J connectivity index is 2.33. The van der Waals surface area contributed by atoms with Crippen molar-refractivity contribution in [1.82, 2.24) is 14.5 Å². The van der Waals surface area contributed by atoms with Crippen LogP contribution in [-0.2, 0) is 6.54 Å². The fourth-order valence-electron chi connectivity index (χ4n) is 2.19. The van der Waals surface area contributed by atoms with Crippen LogP contribution in [-0.4, -0.2) is 14.5 Å². The van der Waals surface area contributed by atoms with Crippen LogP contribution >= 0.6 is 22.6 Å². The van der Waals surface area contributed by atoms with Gasteiger partial charge in [-0.25, -0.2) is 9.97 Å². The quantitative estimate of drug-likeness (QED) is 0.561. The first-order valence-corrected chi connectivity index (χ1v) is 7.15. The lowest BCUT2D eigenvalue weighted by Gasteiger charge is -2.08. The van der Waals surface area contributed by atoms with Crippen molar-refractivity contribution < 1.29 is 0 Å². The molecule has 3 rings (SSSR count). The van der Waals surface area contributed by atoms with Crippen LogP contribution in [0.1, 0.15) is 6.92 Å². The van der Waals surface area contributed by atoms with Gasteiger partial charge in [0.05, 0.1) is 0 Å². The second kappa shape index (κ2) is 4.80. The summed E-state index contributed by atoms with van der Waals surface area (Å²) in [7, 11) is 0. The Morgan fingerprint density at radius 3 is 2.95 bits per heavy atom. The number of pyridine rings is 1. The molecule has 96 valence electrons. The Labute approximate surface area is 124 Å². The van der Waals surface area contributed by atoms with Crippen LogP contribution in [0.5, 0.6) is 0 Å². The number of benzene rings is 1. The SMILES string of the molecule is CCn1c(-c2cc(I)ccc2N)nc2cccnc21. The maximum absolute atomic E-state index is 6.09. The number of imidazole rings is 1. The molecule has 2 N–H and O–H groups in total. The molecular formula is C14H13IN4. The van der Waals surface area contributed by atoms with Crippen LogP contribution in [0.25, 0.3) is 22.6 Å². The third-order valence-electron chi connectivity index (χ3n) is 3.08. The van der Waals surface area contributed by atoms with E-state index in [9.17, 15) is 0 Å². The Bertz CT molecular complexity index is 748. The van der Waals surface area contributed by atoms with E-state index in [0.29, 0.717) is 0 Å². The standard InChI is InChI=1S/C14H13IN4/c1-2-19-13(10-8-9(15)5-6-11(10)16)18-12-4-3-7-17-14(12)19/h3-8H,2,16H2,1H3. The Kier molecular flexibility index (Phi) is 3.14. The van der Waals surface area contributed by atoms with E-state index in [-0.39, 0.29) is 0 Å². The lowest BCUT2D eigenvalue weighted by Crippen LogP contribution is -2.01. The number of hydrogen-bond acceptors (Lipinski definition) is 3. The summed E-state index contributed by atoms with van der Waals surface area (Å²) in [5.74, 6) is 0.882. The second-order valence-electron chi connectivity index (χ2n) is 4.26. The number of anilines is 1. The Morgan fingerprint density at radius 1 is 1.32 bits per heavy atom. The summed E-state index contributed by atoms with van der Waals surface area (Å²) in [6.45, 7) is 2.90. The molecule has 0 bridgehead atoms. The summed E-state index contributed by atoms with van der Waals surface area (Å²) in [6, 6.07) is 9.85. The van der Waals surface area contributed by atoms with Gasteiger partial charge in [0.15, 0.2) is 5.65 Å². The molecule has 0 amide bonds. The number of halogens is 1. The molecular weight excluding hydrogens is 351 g/mol. The van der Waals surface area contributed by atoms with Crippen molar-refractivity contribution in [2.24, 2.45) is 0 Å². The molecule has 4 nitrogen and oxygen atoms in total. The zero-order valence-corrected chi connectivity index (χ0v) is 12.6. The van der Waals surface area contributed by atoms with Crippen LogP contribution in [0.4, 0.5) is 5.69 Å². The fourth-order valence-corrected chi connectivity index (χ4v) is 2.68. The zero-order valence-electron chi connectivity index (χ0n) is 10.5. The topological polar surface area (TPSA) is 56.7 Å². The number of aromatic nitrogens is 3. The van der Waals surface area contributed by atoms with Gasteiger partial charge in [0.1, 0.15) is 11.3 Å². The minimum Gasteiger partial charge on any atom is -0.398 e. The van der Waals surface area contributed by atoms with Gasteiger partial charge in [0, 0.05) is 27.6 Å². The highest BCUT2D eigenvalue weighted by molar-refractivity contribution is 14.1. The van der Waals surface area contributed by atoms with E-state index in [1.165, 1.54) is 0 Å². The monoisotopic (exact) mass is 364 g/mol. The van der Waals surface area contributed by atoms with Gasteiger partial charge in [-0.1, -0.05) is 0 Å². The van der Waals surface area contributed by atoms with Crippen molar-refractivity contribution in [2.75, 3.05) is 5.73 Å². The van der Waals surface area contributed by atoms with Gasteiger partial charge < -0.3 is 10.3 Å². The van der Waals surface area contributed by atoms with Crippen molar-refractivity contribution in [3.63, 3.8) is 0 Å². The van der Waals surface area contributed by atoms with Crippen LogP contribution in [0, 0.1) is 3.57 Å². The normalized spacial score (nSPS) is 11.1. The van der Waals surface area contributed by atoms with E-state index in [0.717, 1.165) is 38.4 Å². The van der Waals surface area contributed by atoms with Gasteiger partial charge in [-0.15, -0.1) is 0 Å². The highest BCUT2D eigenvalue weighted by Crippen LogP contribution is 2.29. The van der Waals surface area contributed by atoms with Crippen LogP contribution < -0.4 is 5.73 Å². The van der Waals surface area contributed by atoms with Gasteiger partial charge in [0.25, 0.3) is 0 Å². The van der Waals surface area contributed by atoms with E-state index in [2.05, 4.69) is 50.1 Å². The average Bonchev–Trinajstić information content (AvgIpc) is 2.79. The summed E-state index contributed by atoms with van der Waals surface area (Å²) < 4.78 is 3.24. The molecule has 0 spiro atoms. The maximum atomic E-state index is 6.09. The molecule has 0 unspecified atom stereocenters. The van der Waals surface area contributed by atoms with Crippen LogP contribution in [0.15, 0.2) is 36.5 Å². The van der Waals surface area contributed by atoms with Gasteiger partial charge in [-0.2, -0.15) is 0 Å². The molecule has 0 atom stereocenters. The number of hydrogen-bond donors (Lipinski definition) is 1. The van der Waals surface area contributed by atoms with Crippen molar-refractivity contribution >= 4 is 39.4 Å². The third-order valence-corrected chi connectivity index (χ3v) is 3.75. The number of rotatable bonds is 2. The molecule has 0 aliphatic carbocycles. The van der Waals surface area contributed by atoms with Crippen molar-refractivity contribution in [1.29, 1.82) is 0 Å². The zero-order chi connectivity index (χ0) is 13.4. The fraction of sp³-hybridized carbons (Fsp3) is 0.143. The third kappa shape index (κ3) is 2.07. The smallest absolute Gasteiger partial charge is 0.160 e. The highest BCUT2D eigenvalue weighted by Gasteiger charge is 2.14. The van der Waals surface area contributed by atoms with Crippen LogP contribution in [0.3, 0.4) is 0 Å². The summed E-state index contributed by atoms with van der Waals surface area (Å²) in [5.41, 5.74) is 9.60. The molecule has 1 aromatic carbocycles. The first-order valence-electron chi connectivity index (χ1n) is 6.07. The van der Waals surface area contributed by atoms with E-state index in [1.54, 1.807) is 6.20 Å². The predicted molar refractivity (Wildman–Crippen MR) is 85.8 cm³/mol. The number of nitrogens with zero attached hydrogens (tertiary/aromatic N) is 3. The number of aryl methyl sites for hydroxylation is 1. The Hall–Kier alpha value is -1.63. The molecule has 0 saturated heterocycles. The van der Waals surface area contributed by atoms with E-state index in [4.69, 9.17) is 5.73 Å². The molecule has 5 heteroatoms. The minimum absolute atomic E-state index is 0.741. The molecule has 2 heterocycles. The Morgan fingerprint density at radius 2 is 2.16 bits per heavy atom. The number of nitrogens with two attached hydrogens (primary N) is 1. The molecule has 19 heavy (non-hydrogen) atoms. The first kappa shape index (κ1) is 12.4. The van der Waals surface area contributed by atoms with Crippen molar-refractivity contribution in [2.45, 2.75) is 13.5 Å². The van der Waals surface area contributed by atoms with E-state index >= 15 is 0 Å². The van der Waals surface area contributed by atoms with Gasteiger partial charge in [-0.05, 0) is 59.8 Å². The highest BCUT2D eigenvalue weighted by atomic mass is 127. The molecule has 0 fully saturated rings. The molecule has 3 aromatic rings. The molecule has 2 aromatic heterocycles. The molecule has 0 aliphatic rings. The van der Waals surface area contributed by atoms with Gasteiger partial charge in [-0.3, -0.25) is 0 Å². The maximum Gasteiger partial charge on any atom is 0.160 e. The second-order valence-corrected chi connectivity index (χ2v) is 5.50. The predicted octanol–water partition coefficient (Wildman–Crippen LogP) is 3.31. The van der Waals surface area contributed by atoms with Crippen molar-refractivity contribution in [3.8, 4) is 11.4 Å². The van der Waals surface area contributed by atoms with E-state index in [1.807, 2.05) is 24.3 Å². The van der Waals surface area contributed by atoms with Gasteiger partial charge >= 0.3 is 0 Å². The lowest BCUT2D eigenvalue weighted by atomic mass is 10.1. The average molecular weight is 364 g/mol. The number of fused-ring (bicyclic) bond motifs is 1. The van der Waals surface area contributed by atoms with Crippen molar-refractivity contribution in [3.05, 3.63) is 40.1 Å². The first-order chi connectivity index (χ1) is 9.20. The molecule has 0 saturated carbocycles. The minimum atomic E-state index is 0.741.